The van der Waals surface area contributed by atoms with Gasteiger partial charge < -0.3 is 26.2 Å². The van der Waals surface area contributed by atoms with Gasteiger partial charge in [0.05, 0.1) is 6.42 Å². The van der Waals surface area contributed by atoms with E-state index in [0.29, 0.717) is 11.1 Å². The van der Waals surface area contributed by atoms with Gasteiger partial charge in [-0.05, 0) is 64.8 Å². The molecular formula is C23H32N4O6. The summed E-state index contributed by atoms with van der Waals surface area (Å²) in [6, 6.07) is 3.48. The molecule has 4 amide bonds. The second-order valence-electron chi connectivity index (χ2n) is 8.82. The quantitative estimate of drug-likeness (QED) is 0.340. The highest BCUT2D eigenvalue weighted by Gasteiger charge is 2.37. The van der Waals surface area contributed by atoms with E-state index in [1.807, 2.05) is 0 Å². The Bertz CT molecular complexity index is 945. The maximum absolute atomic E-state index is 13.3. The topological polar surface area (TPSA) is 151 Å². The van der Waals surface area contributed by atoms with E-state index in [9.17, 15) is 24.3 Å². The predicted molar refractivity (Wildman–Crippen MR) is 122 cm³/mol. The molecule has 0 saturated heterocycles. The van der Waals surface area contributed by atoms with Crippen LogP contribution in [0.1, 0.15) is 58.2 Å². The highest BCUT2D eigenvalue weighted by atomic mass is 16.6. The molecule has 0 aliphatic heterocycles. The summed E-state index contributed by atoms with van der Waals surface area (Å²) in [7, 11) is 0. The molecule has 0 radical (unpaired) electrons. The molecule has 1 aromatic rings. The molecule has 180 valence electrons. The fraction of sp³-hybridized carbons (Fsp3) is 0.478. The third-order valence-electron chi connectivity index (χ3n) is 4.24. The van der Waals surface area contributed by atoms with Crippen LogP contribution >= 0.6 is 0 Å². The van der Waals surface area contributed by atoms with E-state index >= 15 is 0 Å². The van der Waals surface area contributed by atoms with Crippen LogP contribution in [0.25, 0.3) is 0 Å². The highest BCUT2D eigenvalue weighted by Crippen LogP contribution is 2.27. The molecule has 1 rings (SSSR count). The first-order chi connectivity index (χ1) is 15.2. The number of benzene rings is 1. The molecule has 0 aliphatic carbocycles. The molecule has 10 heteroatoms. The zero-order valence-corrected chi connectivity index (χ0v) is 19.8. The van der Waals surface area contributed by atoms with Gasteiger partial charge in [0.1, 0.15) is 23.4 Å². The minimum atomic E-state index is -1.47. The summed E-state index contributed by atoms with van der Waals surface area (Å²) >= 11 is 0. The van der Waals surface area contributed by atoms with Crippen molar-refractivity contribution in [1.29, 1.82) is 0 Å². The number of nitrogens with two attached hydrogens (primary N) is 1. The fourth-order valence-corrected chi connectivity index (χ4v) is 2.91. The maximum Gasteiger partial charge on any atom is 0.408 e. The lowest BCUT2D eigenvalue weighted by Gasteiger charge is -2.30. The number of aryl methyl sites for hydroxylation is 1. The Hall–Kier alpha value is -3.74. The van der Waals surface area contributed by atoms with Gasteiger partial charge in [0, 0.05) is 12.1 Å². The van der Waals surface area contributed by atoms with Crippen LogP contribution in [0.3, 0.4) is 0 Å². The van der Waals surface area contributed by atoms with Gasteiger partial charge >= 0.3 is 6.09 Å². The summed E-state index contributed by atoms with van der Waals surface area (Å²) in [5.74, 6) is -2.36. The average Bonchev–Trinajstić information content (AvgIpc) is 2.64. The number of nitrogens with zero attached hydrogens (tertiary/aromatic N) is 1. The van der Waals surface area contributed by atoms with Crippen LogP contribution in [0, 0.1) is 19.4 Å². The number of ether oxygens (including phenoxy) is 1. The molecule has 10 nitrogen and oxygen atoms in total. The van der Waals surface area contributed by atoms with Gasteiger partial charge in [-0.2, -0.15) is 0 Å². The molecular weight excluding hydrogens is 428 g/mol. The van der Waals surface area contributed by atoms with Crippen molar-refractivity contribution in [3.8, 4) is 18.2 Å². The van der Waals surface area contributed by atoms with Crippen molar-refractivity contribution >= 4 is 23.8 Å². The second kappa shape index (κ2) is 11.2. The molecule has 0 bridgehead atoms. The third kappa shape index (κ3) is 8.37. The number of aromatic hydroxyl groups is 1. The zero-order valence-electron chi connectivity index (χ0n) is 19.8. The number of phenols is 1. The Balaban J connectivity index is 3.42. The van der Waals surface area contributed by atoms with E-state index < -0.39 is 47.9 Å². The summed E-state index contributed by atoms with van der Waals surface area (Å²) in [5, 5.41) is 14.9. The number of primary amides is 1. The summed E-state index contributed by atoms with van der Waals surface area (Å²) in [6.45, 7) is 9.98. The minimum Gasteiger partial charge on any atom is -0.508 e. The summed E-state index contributed by atoms with van der Waals surface area (Å²) < 4.78 is 5.16. The third-order valence-corrected chi connectivity index (χ3v) is 4.24. The van der Waals surface area contributed by atoms with Crippen LogP contribution in [-0.4, -0.2) is 51.5 Å². The molecule has 1 aromatic carbocycles. The van der Waals surface area contributed by atoms with Crippen molar-refractivity contribution in [2.75, 3.05) is 0 Å². The highest BCUT2D eigenvalue weighted by molar-refractivity contribution is 5.95. The largest absolute Gasteiger partial charge is 0.508 e. The first kappa shape index (κ1) is 27.3. The van der Waals surface area contributed by atoms with Gasteiger partial charge in [0.2, 0.25) is 11.8 Å². The van der Waals surface area contributed by atoms with E-state index in [-0.39, 0.29) is 11.8 Å². The van der Waals surface area contributed by atoms with E-state index in [1.54, 1.807) is 41.5 Å². The van der Waals surface area contributed by atoms with E-state index in [0.717, 1.165) is 4.90 Å². The van der Waals surface area contributed by atoms with Crippen LogP contribution in [0.4, 0.5) is 4.79 Å². The van der Waals surface area contributed by atoms with Gasteiger partial charge in [-0.1, -0.05) is 12.5 Å². The molecule has 2 atom stereocenters. The van der Waals surface area contributed by atoms with Crippen LogP contribution in [0.2, 0.25) is 0 Å². The van der Waals surface area contributed by atoms with Crippen LogP contribution in [-0.2, 0) is 19.1 Å². The van der Waals surface area contributed by atoms with Gasteiger partial charge in [0.15, 0.2) is 0 Å². The Labute approximate surface area is 193 Å². The Morgan fingerprint density at radius 2 is 1.82 bits per heavy atom. The lowest BCUT2D eigenvalue weighted by Crippen LogP contribution is -2.53. The number of carbonyl (C=O) groups excluding carboxylic acids is 4. The normalized spacial score (nSPS) is 12.8. The average molecular weight is 461 g/mol. The molecule has 5 N–H and O–H groups in total. The number of hydrogen-bond donors (Lipinski definition) is 4. The van der Waals surface area contributed by atoms with Crippen LogP contribution < -0.4 is 16.4 Å². The van der Waals surface area contributed by atoms with Crippen molar-refractivity contribution in [2.24, 2.45) is 5.73 Å². The molecule has 0 spiro atoms. The lowest BCUT2D eigenvalue weighted by atomic mass is 10.00. The van der Waals surface area contributed by atoms with Crippen molar-refractivity contribution in [2.45, 2.75) is 71.7 Å². The SMILES string of the molecule is C#CN(C(=O)C(CC(N)=O)NC(=O)OC(C)(C)C)C(C(=O)NC(C)C)c1ccc(O)c(C)c1. The summed E-state index contributed by atoms with van der Waals surface area (Å²) in [5.41, 5.74) is 5.19. The van der Waals surface area contributed by atoms with E-state index in [2.05, 4.69) is 16.7 Å². The van der Waals surface area contributed by atoms with Crippen LogP contribution in [0.5, 0.6) is 5.75 Å². The monoisotopic (exact) mass is 460 g/mol. The van der Waals surface area contributed by atoms with Crippen molar-refractivity contribution in [3.05, 3.63) is 29.3 Å². The number of alkyl carbamates (subject to hydrolysis) is 1. The summed E-state index contributed by atoms with van der Waals surface area (Å²) in [4.78, 5) is 51.0. The molecule has 0 aromatic heterocycles. The van der Waals surface area contributed by atoms with E-state index in [4.69, 9.17) is 16.9 Å². The minimum absolute atomic E-state index is 0.00134. The standard InChI is InChI=1S/C23H32N4O6/c1-8-27(21(31)16(12-18(24)29)26-22(32)33-23(5,6)7)19(20(30)25-13(2)3)15-9-10-17(28)14(4)11-15/h1,9-11,13,16,19,28H,12H2,2-7H3,(H2,24,29)(H,25,30)(H,26,32). The smallest absolute Gasteiger partial charge is 0.408 e. The first-order valence-corrected chi connectivity index (χ1v) is 10.3. The van der Waals surface area contributed by atoms with Crippen molar-refractivity contribution in [3.63, 3.8) is 0 Å². The van der Waals surface area contributed by atoms with E-state index in [1.165, 1.54) is 18.2 Å². The molecule has 2 unspecified atom stereocenters. The predicted octanol–water partition coefficient (Wildman–Crippen LogP) is 1.45. The Morgan fingerprint density at radius 1 is 1.21 bits per heavy atom. The Kier molecular flexibility index (Phi) is 9.28. The molecule has 0 aliphatic rings. The van der Waals surface area contributed by atoms with Crippen molar-refractivity contribution < 1.29 is 29.0 Å². The molecule has 0 heterocycles. The van der Waals surface area contributed by atoms with Gasteiger partial charge in [0.25, 0.3) is 5.91 Å². The number of phenolic OH excluding ortho intramolecular Hbond substituents is 1. The van der Waals surface area contributed by atoms with Gasteiger partial charge in [-0.15, -0.1) is 0 Å². The number of carbonyl (C=O) groups is 4. The lowest BCUT2D eigenvalue weighted by molar-refractivity contribution is -0.139. The van der Waals surface area contributed by atoms with Crippen LogP contribution in [0.15, 0.2) is 18.2 Å². The number of nitrogens with one attached hydrogen (secondary N) is 2. The second-order valence-corrected chi connectivity index (χ2v) is 8.82. The molecule has 33 heavy (non-hydrogen) atoms. The van der Waals surface area contributed by atoms with Gasteiger partial charge in [-0.25, -0.2) is 4.79 Å². The molecule has 0 saturated carbocycles. The fourth-order valence-electron chi connectivity index (χ4n) is 2.91. The number of hydrogen-bond acceptors (Lipinski definition) is 6. The maximum atomic E-state index is 13.3. The number of terminal acetylenes is 1. The first-order valence-electron chi connectivity index (χ1n) is 10.3. The van der Waals surface area contributed by atoms with Gasteiger partial charge in [-0.3, -0.25) is 19.3 Å². The molecule has 0 fully saturated rings. The summed E-state index contributed by atoms with van der Waals surface area (Å²) in [6.07, 6.45) is 4.09. The number of amides is 4. The number of rotatable bonds is 8. The van der Waals surface area contributed by atoms with Crippen molar-refractivity contribution in [1.82, 2.24) is 15.5 Å². The Morgan fingerprint density at radius 3 is 2.27 bits per heavy atom. The zero-order chi connectivity index (χ0) is 25.5.